The molecule has 1 aliphatic heterocycles. The number of hydrogen-bond acceptors (Lipinski definition) is 3. The fourth-order valence-electron chi connectivity index (χ4n) is 1.66. The highest BCUT2D eigenvalue weighted by Gasteiger charge is 2.41. The van der Waals surface area contributed by atoms with Crippen molar-refractivity contribution in [3.8, 4) is 5.75 Å². The van der Waals surface area contributed by atoms with Crippen LogP contribution in [0.15, 0.2) is 18.2 Å². The maximum absolute atomic E-state index is 13.0. The predicted octanol–water partition coefficient (Wildman–Crippen LogP) is 0.847. The molecule has 0 aliphatic carbocycles. The van der Waals surface area contributed by atoms with Crippen molar-refractivity contribution in [3.05, 3.63) is 29.6 Å². The molecule has 0 saturated heterocycles. The first-order valence-corrected chi connectivity index (χ1v) is 4.49. The molecule has 0 saturated carbocycles. The minimum atomic E-state index is -1.55. The molecule has 80 valence electrons. The summed E-state index contributed by atoms with van der Waals surface area (Å²) in [4.78, 5) is 11.0. The molecular weight excluding hydrogens is 201 g/mol. The lowest BCUT2D eigenvalue weighted by atomic mass is 9.85. The van der Waals surface area contributed by atoms with Gasteiger partial charge in [-0.3, -0.25) is 0 Å². The molecule has 3 N–H and O–H groups in total. The van der Waals surface area contributed by atoms with E-state index in [4.69, 9.17) is 15.6 Å². The van der Waals surface area contributed by atoms with E-state index in [9.17, 15) is 9.18 Å². The zero-order chi connectivity index (χ0) is 11.1. The van der Waals surface area contributed by atoms with Crippen molar-refractivity contribution in [2.45, 2.75) is 12.0 Å². The lowest BCUT2D eigenvalue weighted by Crippen LogP contribution is -2.48. The van der Waals surface area contributed by atoms with E-state index in [-0.39, 0.29) is 18.6 Å². The fraction of sp³-hybridized carbons (Fsp3) is 0.300. The van der Waals surface area contributed by atoms with Gasteiger partial charge in [-0.25, -0.2) is 9.18 Å². The molecule has 0 bridgehead atoms. The lowest BCUT2D eigenvalue weighted by molar-refractivity contribution is -0.144. The van der Waals surface area contributed by atoms with Crippen LogP contribution in [-0.2, 0) is 10.3 Å². The summed E-state index contributed by atoms with van der Waals surface area (Å²) in [6, 6.07) is 3.73. The van der Waals surface area contributed by atoms with Gasteiger partial charge < -0.3 is 15.6 Å². The summed E-state index contributed by atoms with van der Waals surface area (Å²) in [5.41, 5.74) is 4.39. The number of nitrogens with two attached hydrogens (primary N) is 1. The zero-order valence-electron chi connectivity index (χ0n) is 7.87. The average molecular weight is 211 g/mol. The average Bonchev–Trinajstić information content (AvgIpc) is 2.19. The molecule has 0 amide bonds. The summed E-state index contributed by atoms with van der Waals surface area (Å²) in [6.07, 6.45) is 0.138. The van der Waals surface area contributed by atoms with Gasteiger partial charge in [0, 0.05) is 12.0 Å². The molecule has 1 heterocycles. The molecule has 1 atom stereocenters. The largest absolute Gasteiger partial charge is 0.493 e. The van der Waals surface area contributed by atoms with Crippen molar-refractivity contribution in [1.29, 1.82) is 0 Å². The van der Waals surface area contributed by atoms with Crippen molar-refractivity contribution in [2.75, 3.05) is 6.61 Å². The van der Waals surface area contributed by atoms with Gasteiger partial charge in [-0.2, -0.15) is 0 Å². The van der Waals surface area contributed by atoms with Crippen molar-refractivity contribution in [2.24, 2.45) is 5.73 Å². The second-order valence-electron chi connectivity index (χ2n) is 3.52. The minimum Gasteiger partial charge on any atom is -0.493 e. The second kappa shape index (κ2) is 3.20. The Morgan fingerprint density at radius 3 is 3.00 bits per heavy atom. The highest BCUT2D eigenvalue weighted by atomic mass is 19.1. The van der Waals surface area contributed by atoms with Gasteiger partial charge in [-0.05, 0) is 18.2 Å². The predicted molar refractivity (Wildman–Crippen MR) is 50.0 cm³/mol. The number of aliphatic carboxylic acids is 1. The maximum atomic E-state index is 13.0. The highest BCUT2D eigenvalue weighted by molar-refractivity contribution is 5.82. The van der Waals surface area contributed by atoms with Crippen molar-refractivity contribution >= 4 is 5.97 Å². The molecule has 1 aliphatic rings. The van der Waals surface area contributed by atoms with E-state index in [1.807, 2.05) is 0 Å². The van der Waals surface area contributed by atoms with E-state index in [0.717, 1.165) is 6.07 Å². The number of benzene rings is 1. The van der Waals surface area contributed by atoms with Crippen LogP contribution < -0.4 is 10.5 Å². The number of carboxylic acids is 1. The standard InChI is InChI=1S/C10H10FNO3/c11-6-1-2-8-7(5-6)10(12,9(13)14)3-4-15-8/h1-2,5H,3-4,12H2,(H,13,14)/t10-/m0/s1. The van der Waals surface area contributed by atoms with Gasteiger partial charge in [0.1, 0.15) is 17.1 Å². The van der Waals surface area contributed by atoms with Gasteiger partial charge >= 0.3 is 5.97 Å². The van der Waals surface area contributed by atoms with E-state index in [1.54, 1.807) is 0 Å². The Kier molecular flexibility index (Phi) is 2.12. The lowest BCUT2D eigenvalue weighted by Gasteiger charge is -2.31. The first-order chi connectivity index (χ1) is 7.04. The Morgan fingerprint density at radius 2 is 2.33 bits per heavy atom. The van der Waals surface area contributed by atoms with Crippen LogP contribution in [0, 0.1) is 5.82 Å². The molecular formula is C10H10FNO3. The normalized spacial score (nSPS) is 24.1. The molecule has 0 fully saturated rings. The number of carbonyl (C=O) groups is 1. The van der Waals surface area contributed by atoms with Gasteiger partial charge in [-0.1, -0.05) is 0 Å². The summed E-state index contributed by atoms with van der Waals surface area (Å²) >= 11 is 0. The summed E-state index contributed by atoms with van der Waals surface area (Å²) in [5, 5.41) is 9.03. The number of ether oxygens (including phenoxy) is 1. The molecule has 0 spiro atoms. The number of carboxylic acid groups (broad SMARTS) is 1. The first kappa shape index (κ1) is 9.92. The smallest absolute Gasteiger partial charge is 0.328 e. The third-order valence-corrected chi connectivity index (χ3v) is 2.56. The van der Waals surface area contributed by atoms with Gasteiger partial charge in [0.25, 0.3) is 0 Å². The van der Waals surface area contributed by atoms with Gasteiger partial charge in [-0.15, -0.1) is 0 Å². The quantitative estimate of drug-likeness (QED) is 0.722. The van der Waals surface area contributed by atoms with Crippen molar-refractivity contribution in [3.63, 3.8) is 0 Å². The van der Waals surface area contributed by atoms with Crippen LogP contribution in [-0.4, -0.2) is 17.7 Å². The number of hydrogen-bond donors (Lipinski definition) is 2. The molecule has 1 aromatic rings. The van der Waals surface area contributed by atoms with Crippen LogP contribution in [0.4, 0.5) is 4.39 Å². The van der Waals surface area contributed by atoms with E-state index >= 15 is 0 Å². The molecule has 2 rings (SSSR count). The van der Waals surface area contributed by atoms with Crippen LogP contribution in [0.2, 0.25) is 0 Å². The Hall–Kier alpha value is -1.62. The number of fused-ring (bicyclic) bond motifs is 1. The number of halogens is 1. The molecule has 15 heavy (non-hydrogen) atoms. The topological polar surface area (TPSA) is 72.6 Å². The fourth-order valence-corrected chi connectivity index (χ4v) is 1.66. The molecule has 0 radical (unpaired) electrons. The van der Waals surface area contributed by atoms with Crippen LogP contribution in [0.3, 0.4) is 0 Å². The number of rotatable bonds is 1. The molecule has 5 heteroatoms. The Morgan fingerprint density at radius 1 is 1.60 bits per heavy atom. The summed E-state index contributed by atoms with van der Waals surface area (Å²) in [7, 11) is 0. The Bertz CT molecular complexity index is 421. The maximum Gasteiger partial charge on any atom is 0.328 e. The van der Waals surface area contributed by atoms with Crippen LogP contribution in [0.5, 0.6) is 5.75 Å². The van der Waals surface area contributed by atoms with Crippen LogP contribution in [0.25, 0.3) is 0 Å². The minimum absolute atomic E-state index is 0.138. The van der Waals surface area contributed by atoms with E-state index in [1.165, 1.54) is 12.1 Å². The molecule has 0 aromatic heterocycles. The summed E-state index contributed by atoms with van der Waals surface area (Å²) in [6.45, 7) is 0.224. The monoisotopic (exact) mass is 211 g/mol. The first-order valence-electron chi connectivity index (χ1n) is 4.49. The van der Waals surface area contributed by atoms with Crippen molar-refractivity contribution in [1.82, 2.24) is 0 Å². The van der Waals surface area contributed by atoms with Gasteiger partial charge in [0.2, 0.25) is 0 Å². The van der Waals surface area contributed by atoms with Gasteiger partial charge in [0.05, 0.1) is 6.61 Å². The van der Waals surface area contributed by atoms with Gasteiger partial charge in [0.15, 0.2) is 0 Å². The third kappa shape index (κ3) is 1.45. The van der Waals surface area contributed by atoms with E-state index in [2.05, 4.69) is 0 Å². The highest BCUT2D eigenvalue weighted by Crippen LogP contribution is 2.35. The zero-order valence-corrected chi connectivity index (χ0v) is 7.87. The Labute approximate surface area is 85.5 Å². The van der Waals surface area contributed by atoms with Crippen LogP contribution in [0.1, 0.15) is 12.0 Å². The molecule has 4 nitrogen and oxygen atoms in total. The summed E-state index contributed by atoms with van der Waals surface area (Å²) < 4.78 is 18.2. The van der Waals surface area contributed by atoms with Crippen LogP contribution >= 0.6 is 0 Å². The second-order valence-corrected chi connectivity index (χ2v) is 3.52. The molecule has 0 unspecified atom stereocenters. The molecule has 1 aromatic carbocycles. The van der Waals surface area contributed by atoms with E-state index in [0.29, 0.717) is 5.75 Å². The SMILES string of the molecule is N[C@@]1(C(=O)O)CCOc2ccc(F)cc21. The van der Waals surface area contributed by atoms with E-state index < -0.39 is 17.3 Å². The van der Waals surface area contributed by atoms with Crippen molar-refractivity contribution < 1.29 is 19.0 Å². The summed E-state index contributed by atoms with van der Waals surface area (Å²) in [5.74, 6) is -1.35. The Balaban J connectivity index is 2.59. The third-order valence-electron chi connectivity index (χ3n) is 2.56.